The molecular formula is C12H13ClO3. The van der Waals surface area contributed by atoms with Crippen LogP contribution in [-0.4, -0.2) is 19.5 Å². The number of carbonyl (C=O) groups is 1. The molecule has 0 spiro atoms. The van der Waals surface area contributed by atoms with Gasteiger partial charge in [0, 0.05) is 5.56 Å². The molecule has 1 aromatic rings. The molecule has 4 heteroatoms. The maximum Gasteiger partial charge on any atom is 0.180 e. The fraction of sp³-hybridized carbons (Fsp3) is 0.250. The molecule has 0 atom stereocenters. The molecule has 0 bridgehead atoms. The molecule has 0 aliphatic heterocycles. The Morgan fingerprint density at radius 3 is 2.75 bits per heavy atom. The number of halogens is 1. The largest absolute Gasteiger partial charge is 0.490 e. The van der Waals surface area contributed by atoms with Crippen molar-refractivity contribution in [2.45, 2.75) is 6.92 Å². The van der Waals surface area contributed by atoms with Crippen molar-refractivity contribution in [2.75, 3.05) is 13.2 Å². The molecule has 16 heavy (non-hydrogen) atoms. The molecule has 0 aromatic heterocycles. The fourth-order valence-corrected chi connectivity index (χ4v) is 1.47. The summed E-state index contributed by atoms with van der Waals surface area (Å²) >= 11 is 5.99. The molecule has 0 radical (unpaired) electrons. The van der Waals surface area contributed by atoms with E-state index in [0.717, 1.165) is 0 Å². The number of carbonyl (C=O) groups excluding carboxylic acids is 1. The van der Waals surface area contributed by atoms with Gasteiger partial charge in [0.25, 0.3) is 0 Å². The van der Waals surface area contributed by atoms with E-state index in [1.54, 1.807) is 12.1 Å². The lowest BCUT2D eigenvalue weighted by Gasteiger charge is -2.12. The number of aldehydes is 1. The summed E-state index contributed by atoms with van der Waals surface area (Å²) in [7, 11) is 0. The van der Waals surface area contributed by atoms with Gasteiger partial charge in [-0.2, -0.15) is 0 Å². The van der Waals surface area contributed by atoms with Crippen molar-refractivity contribution in [3.63, 3.8) is 0 Å². The zero-order chi connectivity index (χ0) is 12.0. The Labute approximate surface area is 99.6 Å². The van der Waals surface area contributed by atoms with Crippen LogP contribution >= 0.6 is 11.6 Å². The molecule has 0 amide bonds. The van der Waals surface area contributed by atoms with Crippen molar-refractivity contribution in [3.8, 4) is 11.5 Å². The van der Waals surface area contributed by atoms with Gasteiger partial charge in [0.1, 0.15) is 12.9 Å². The Morgan fingerprint density at radius 2 is 2.19 bits per heavy atom. The first-order valence-corrected chi connectivity index (χ1v) is 5.26. The second-order valence-electron chi connectivity index (χ2n) is 2.98. The van der Waals surface area contributed by atoms with Crippen LogP contribution < -0.4 is 9.47 Å². The summed E-state index contributed by atoms with van der Waals surface area (Å²) in [6.07, 6.45) is 2.32. The Morgan fingerprint density at radius 1 is 1.44 bits per heavy atom. The Balaban J connectivity index is 3.10. The van der Waals surface area contributed by atoms with Crippen molar-refractivity contribution >= 4 is 17.9 Å². The number of hydrogen-bond donors (Lipinski definition) is 0. The zero-order valence-electron chi connectivity index (χ0n) is 9.03. The molecule has 0 aliphatic carbocycles. The van der Waals surface area contributed by atoms with Crippen molar-refractivity contribution < 1.29 is 14.3 Å². The molecule has 0 heterocycles. The van der Waals surface area contributed by atoms with Gasteiger partial charge in [0.05, 0.1) is 11.6 Å². The number of hydrogen-bond acceptors (Lipinski definition) is 3. The van der Waals surface area contributed by atoms with Gasteiger partial charge in [-0.3, -0.25) is 4.79 Å². The van der Waals surface area contributed by atoms with Gasteiger partial charge in [-0.1, -0.05) is 24.3 Å². The third-order valence-electron chi connectivity index (χ3n) is 1.81. The van der Waals surface area contributed by atoms with E-state index in [0.29, 0.717) is 41.6 Å². The molecular weight excluding hydrogens is 228 g/mol. The molecule has 0 aliphatic rings. The van der Waals surface area contributed by atoms with Crippen LogP contribution in [0.3, 0.4) is 0 Å². The molecule has 0 saturated heterocycles. The summed E-state index contributed by atoms with van der Waals surface area (Å²) in [6, 6.07) is 3.14. The average Bonchev–Trinajstić information content (AvgIpc) is 2.28. The Bertz CT molecular complexity index is 388. The van der Waals surface area contributed by atoms with Crippen molar-refractivity contribution in [3.05, 3.63) is 35.4 Å². The molecule has 1 aromatic carbocycles. The maximum absolute atomic E-state index is 10.7. The summed E-state index contributed by atoms with van der Waals surface area (Å²) in [6.45, 7) is 6.20. The third kappa shape index (κ3) is 3.00. The van der Waals surface area contributed by atoms with E-state index >= 15 is 0 Å². The van der Waals surface area contributed by atoms with E-state index in [4.69, 9.17) is 21.1 Å². The van der Waals surface area contributed by atoms with Crippen LogP contribution in [0, 0.1) is 0 Å². The van der Waals surface area contributed by atoms with Gasteiger partial charge in [-0.15, -0.1) is 0 Å². The predicted octanol–water partition coefficient (Wildman–Crippen LogP) is 3.12. The maximum atomic E-state index is 10.7. The van der Waals surface area contributed by atoms with Crippen LogP contribution in [0.5, 0.6) is 11.5 Å². The van der Waals surface area contributed by atoms with Crippen LogP contribution in [0.4, 0.5) is 0 Å². The highest BCUT2D eigenvalue weighted by Gasteiger charge is 2.11. The molecule has 0 N–H and O–H groups in total. The van der Waals surface area contributed by atoms with Crippen LogP contribution in [0.2, 0.25) is 5.02 Å². The topological polar surface area (TPSA) is 35.5 Å². The van der Waals surface area contributed by atoms with E-state index in [2.05, 4.69) is 6.58 Å². The lowest BCUT2D eigenvalue weighted by molar-refractivity contribution is 0.112. The van der Waals surface area contributed by atoms with Crippen LogP contribution in [-0.2, 0) is 0 Å². The summed E-state index contributed by atoms with van der Waals surface area (Å²) in [5, 5.41) is 0.356. The highest BCUT2D eigenvalue weighted by Crippen LogP contribution is 2.36. The van der Waals surface area contributed by atoms with Gasteiger partial charge in [-0.25, -0.2) is 0 Å². The third-order valence-corrected chi connectivity index (χ3v) is 2.09. The number of ether oxygens (including phenoxy) is 2. The second-order valence-corrected chi connectivity index (χ2v) is 3.39. The lowest BCUT2D eigenvalue weighted by Crippen LogP contribution is -2.00. The Hall–Kier alpha value is -1.48. The smallest absolute Gasteiger partial charge is 0.180 e. The van der Waals surface area contributed by atoms with Gasteiger partial charge in [0.15, 0.2) is 11.5 Å². The van der Waals surface area contributed by atoms with Crippen LogP contribution in [0.1, 0.15) is 17.3 Å². The van der Waals surface area contributed by atoms with Crippen molar-refractivity contribution in [2.24, 2.45) is 0 Å². The number of benzene rings is 1. The lowest BCUT2D eigenvalue weighted by atomic mass is 10.2. The van der Waals surface area contributed by atoms with E-state index in [1.165, 1.54) is 6.07 Å². The van der Waals surface area contributed by atoms with Gasteiger partial charge in [0.2, 0.25) is 0 Å². The first-order valence-electron chi connectivity index (χ1n) is 4.88. The summed E-state index contributed by atoms with van der Waals surface area (Å²) in [5.74, 6) is 0.910. The van der Waals surface area contributed by atoms with E-state index < -0.39 is 0 Å². The van der Waals surface area contributed by atoms with E-state index in [-0.39, 0.29) is 0 Å². The minimum atomic E-state index is 0.334. The first-order chi connectivity index (χ1) is 7.72. The molecule has 3 nitrogen and oxygen atoms in total. The molecule has 1 rings (SSSR count). The summed E-state index contributed by atoms with van der Waals surface area (Å²) in [4.78, 5) is 10.7. The average molecular weight is 241 g/mol. The summed E-state index contributed by atoms with van der Waals surface area (Å²) in [5.41, 5.74) is 0.458. The standard InChI is InChI=1S/C12H13ClO3/c1-3-5-16-12-10(13)6-9(8-14)7-11(12)15-4-2/h3,6-8H,1,4-5H2,2H3. The predicted molar refractivity (Wildman–Crippen MR) is 63.7 cm³/mol. The summed E-state index contributed by atoms with van der Waals surface area (Å²) < 4.78 is 10.7. The van der Waals surface area contributed by atoms with Crippen LogP contribution in [0.25, 0.3) is 0 Å². The van der Waals surface area contributed by atoms with E-state index in [1.807, 2.05) is 6.92 Å². The Kier molecular flexibility index (Phi) is 4.86. The van der Waals surface area contributed by atoms with Crippen LogP contribution in [0.15, 0.2) is 24.8 Å². The number of rotatable bonds is 6. The fourth-order valence-electron chi connectivity index (χ4n) is 1.20. The van der Waals surface area contributed by atoms with Crippen molar-refractivity contribution in [1.82, 2.24) is 0 Å². The second kappa shape index (κ2) is 6.18. The highest BCUT2D eigenvalue weighted by atomic mass is 35.5. The molecule has 0 unspecified atom stereocenters. The monoisotopic (exact) mass is 240 g/mol. The van der Waals surface area contributed by atoms with Gasteiger partial charge in [-0.05, 0) is 19.1 Å². The highest BCUT2D eigenvalue weighted by molar-refractivity contribution is 6.32. The van der Waals surface area contributed by atoms with E-state index in [9.17, 15) is 4.79 Å². The van der Waals surface area contributed by atoms with Gasteiger partial charge >= 0.3 is 0 Å². The minimum absolute atomic E-state index is 0.334. The quantitative estimate of drug-likeness (QED) is 0.566. The zero-order valence-corrected chi connectivity index (χ0v) is 9.79. The minimum Gasteiger partial charge on any atom is -0.490 e. The molecule has 0 fully saturated rings. The first kappa shape index (κ1) is 12.6. The normalized spacial score (nSPS) is 9.62. The van der Waals surface area contributed by atoms with Crippen molar-refractivity contribution in [1.29, 1.82) is 0 Å². The molecule has 86 valence electrons. The molecule has 0 saturated carbocycles. The SMILES string of the molecule is C=CCOc1c(Cl)cc(C=O)cc1OCC. The van der Waals surface area contributed by atoms with Gasteiger partial charge < -0.3 is 9.47 Å².